The number of carbonyl (C=O) groups is 3. The predicted octanol–water partition coefficient (Wildman–Crippen LogP) is 3.47. The van der Waals surface area contributed by atoms with Crippen LogP contribution in [0.4, 0.5) is 11.4 Å². The van der Waals surface area contributed by atoms with Gasteiger partial charge in [0.1, 0.15) is 12.1 Å². The van der Waals surface area contributed by atoms with Gasteiger partial charge < -0.3 is 25.0 Å². The average molecular weight is 522 g/mol. The minimum atomic E-state index is -1.36. The van der Waals surface area contributed by atoms with Gasteiger partial charge in [-0.25, -0.2) is 0 Å². The van der Waals surface area contributed by atoms with Gasteiger partial charge in [0, 0.05) is 17.9 Å². The van der Waals surface area contributed by atoms with E-state index in [1.807, 2.05) is 6.92 Å². The highest BCUT2D eigenvalue weighted by atomic mass is 79.9. The van der Waals surface area contributed by atoms with Crippen molar-refractivity contribution in [1.82, 2.24) is 5.32 Å². The molecule has 0 bridgehead atoms. The molecule has 170 valence electrons. The lowest BCUT2D eigenvalue weighted by Crippen LogP contribution is -2.53. The normalized spacial score (nSPS) is 16.0. The Bertz CT molecular complexity index is 1050. The van der Waals surface area contributed by atoms with Crippen molar-refractivity contribution in [3.8, 4) is 0 Å². The molecule has 3 amide bonds. The van der Waals surface area contributed by atoms with Crippen LogP contribution in [0.5, 0.6) is 0 Å². The molecule has 1 saturated heterocycles. The lowest BCUT2D eigenvalue weighted by molar-refractivity contribution is -0.125. The number of nitrogens with zero attached hydrogens (tertiary/aromatic N) is 1. The van der Waals surface area contributed by atoms with Crippen LogP contribution >= 0.6 is 27.3 Å². The number of aryl methyl sites for hydroxylation is 1. The molecule has 2 aromatic rings. The van der Waals surface area contributed by atoms with Crippen molar-refractivity contribution >= 4 is 56.4 Å². The van der Waals surface area contributed by atoms with Crippen LogP contribution in [-0.4, -0.2) is 50.1 Å². The van der Waals surface area contributed by atoms with Gasteiger partial charge >= 0.3 is 0 Å². The van der Waals surface area contributed by atoms with Crippen molar-refractivity contribution in [3.63, 3.8) is 0 Å². The quantitative estimate of drug-likeness (QED) is 0.543. The van der Waals surface area contributed by atoms with Gasteiger partial charge in [0.2, 0.25) is 0 Å². The molecule has 10 heteroatoms. The Morgan fingerprint density at radius 2 is 2.09 bits per heavy atom. The molecule has 1 aromatic heterocycles. The smallest absolute Gasteiger partial charge is 0.262 e. The number of halogens is 1. The molecule has 1 aromatic carbocycles. The van der Waals surface area contributed by atoms with Crippen LogP contribution < -0.4 is 15.5 Å². The SMILES string of the molecule is CO/C=C/[C@](C)(NC(=O)c1ccc(Br)s1)C(=O)Nc1ccc(N2CCOCC2=O)c(C)c1. The zero-order chi connectivity index (χ0) is 23.3. The molecular formula is C22H24BrN3O5S. The number of methoxy groups -OCH3 is 1. The van der Waals surface area contributed by atoms with Gasteiger partial charge in [0.05, 0.1) is 28.6 Å². The highest BCUT2D eigenvalue weighted by Gasteiger charge is 2.33. The summed E-state index contributed by atoms with van der Waals surface area (Å²) in [6.45, 7) is 4.48. The summed E-state index contributed by atoms with van der Waals surface area (Å²) >= 11 is 4.60. The van der Waals surface area contributed by atoms with Gasteiger partial charge in [0.25, 0.3) is 17.7 Å². The van der Waals surface area contributed by atoms with E-state index in [0.717, 1.165) is 15.0 Å². The zero-order valence-corrected chi connectivity index (χ0v) is 20.3. The number of hydrogen-bond donors (Lipinski definition) is 2. The number of benzene rings is 1. The number of nitrogens with one attached hydrogen (secondary N) is 2. The van der Waals surface area contributed by atoms with E-state index in [1.54, 1.807) is 42.2 Å². The molecule has 32 heavy (non-hydrogen) atoms. The van der Waals surface area contributed by atoms with Gasteiger partial charge in [0.15, 0.2) is 0 Å². The van der Waals surface area contributed by atoms with E-state index in [2.05, 4.69) is 26.6 Å². The summed E-state index contributed by atoms with van der Waals surface area (Å²) in [6, 6.07) is 8.75. The molecule has 2 N–H and O–H groups in total. The Kier molecular flexibility index (Phi) is 7.70. The van der Waals surface area contributed by atoms with Crippen LogP contribution in [-0.2, 0) is 19.1 Å². The highest BCUT2D eigenvalue weighted by Crippen LogP contribution is 2.26. The second kappa shape index (κ2) is 10.3. The molecule has 0 saturated carbocycles. The molecule has 1 fully saturated rings. The average Bonchev–Trinajstić information content (AvgIpc) is 3.19. The fourth-order valence-electron chi connectivity index (χ4n) is 3.18. The molecule has 8 nitrogen and oxygen atoms in total. The first-order valence-electron chi connectivity index (χ1n) is 9.82. The first-order chi connectivity index (χ1) is 15.2. The van der Waals surface area contributed by atoms with Crippen LogP contribution in [0.1, 0.15) is 22.2 Å². The van der Waals surface area contributed by atoms with E-state index >= 15 is 0 Å². The summed E-state index contributed by atoms with van der Waals surface area (Å²) in [4.78, 5) is 40.1. The van der Waals surface area contributed by atoms with Gasteiger partial charge in [-0.1, -0.05) is 0 Å². The number of anilines is 2. The number of hydrogen-bond acceptors (Lipinski definition) is 6. The lowest BCUT2D eigenvalue weighted by Gasteiger charge is -2.29. The Morgan fingerprint density at radius 1 is 1.31 bits per heavy atom. The van der Waals surface area contributed by atoms with E-state index in [-0.39, 0.29) is 18.4 Å². The van der Waals surface area contributed by atoms with E-state index in [9.17, 15) is 14.4 Å². The van der Waals surface area contributed by atoms with Crippen LogP contribution in [0.2, 0.25) is 0 Å². The Hall–Kier alpha value is -2.69. The van der Waals surface area contributed by atoms with Gasteiger partial charge in [-0.2, -0.15) is 0 Å². The zero-order valence-electron chi connectivity index (χ0n) is 17.9. The van der Waals surface area contributed by atoms with Crippen LogP contribution in [0.25, 0.3) is 0 Å². The maximum absolute atomic E-state index is 13.1. The molecular weight excluding hydrogens is 498 g/mol. The molecule has 0 unspecified atom stereocenters. The molecule has 1 aliphatic rings. The summed E-state index contributed by atoms with van der Waals surface area (Å²) in [7, 11) is 1.46. The summed E-state index contributed by atoms with van der Waals surface area (Å²) in [5, 5.41) is 5.61. The minimum absolute atomic E-state index is 0.0582. The first-order valence-corrected chi connectivity index (χ1v) is 11.4. The fourth-order valence-corrected chi connectivity index (χ4v) is 4.46. The second-order valence-electron chi connectivity index (χ2n) is 7.35. The molecule has 1 aliphatic heterocycles. The third kappa shape index (κ3) is 5.56. The van der Waals surface area contributed by atoms with E-state index in [0.29, 0.717) is 23.7 Å². The maximum atomic E-state index is 13.1. The summed E-state index contributed by atoms with van der Waals surface area (Å²) in [5.74, 6) is -0.919. The van der Waals surface area contributed by atoms with Crippen molar-refractivity contribution in [1.29, 1.82) is 0 Å². The van der Waals surface area contributed by atoms with Crippen molar-refractivity contribution in [3.05, 3.63) is 56.9 Å². The van der Waals surface area contributed by atoms with Crippen molar-refractivity contribution in [2.45, 2.75) is 19.4 Å². The predicted molar refractivity (Wildman–Crippen MR) is 127 cm³/mol. The number of amides is 3. The standard InChI is InChI=1S/C22H24BrN3O5S/c1-14-12-15(4-5-16(14)26-9-11-31-13-19(26)27)24-21(29)22(2,8-10-30-3)25-20(28)17-6-7-18(23)32-17/h4-8,10,12H,9,11,13H2,1-3H3,(H,24,29)(H,25,28)/b10-8+/t22-/m0/s1. The van der Waals surface area contributed by atoms with Crippen molar-refractivity contribution in [2.24, 2.45) is 0 Å². The number of ether oxygens (including phenoxy) is 2. The molecule has 0 radical (unpaired) electrons. The Balaban J connectivity index is 1.78. The van der Waals surface area contributed by atoms with Crippen LogP contribution in [0, 0.1) is 6.92 Å². The number of morpholine rings is 1. The topological polar surface area (TPSA) is 97.0 Å². The Labute approximate surface area is 198 Å². The first kappa shape index (κ1) is 24.0. The minimum Gasteiger partial charge on any atom is -0.505 e. The third-order valence-electron chi connectivity index (χ3n) is 4.91. The Morgan fingerprint density at radius 3 is 2.72 bits per heavy atom. The summed E-state index contributed by atoms with van der Waals surface area (Å²) in [5.41, 5.74) is 0.785. The van der Waals surface area contributed by atoms with Gasteiger partial charge in [-0.15, -0.1) is 11.3 Å². The monoisotopic (exact) mass is 521 g/mol. The van der Waals surface area contributed by atoms with Gasteiger partial charge in [-0.05, 0) is 71.7 Å². The molecule has 2 heterocycles. The van der Waals surface area contributed by atoms with E-state index in [1.165, 1.54) is 30.8 Å². The molecule has 0 spiro atoms. The van der Waals surface area contributed by atoms with Crippen LogP contribution in [0.15, 0.2) is 46.5 Å². The van der Waals surface area contributed by atoms with Crippen molar-refractivity contribution < 1.29 is 23.9 Å². The van der Waals surface area contributed by atoms with E-state index < -0.39 is 11.4 Å². The number of carbonyl (C=O) groups excluding carboxylic acids is 3. The van der Waals surface area contributed by atoms with Crippen LogP contribution in [0.3, 0.4) is 0 Å². The lowest BCUT2D eigenvalue weighted by atomic mass is 10.0. The second-order valence-corrected chi connectivity index (χ2v) is 9.82. The summed E-state index contributed by atoms with van der Waals surface area (Å²) < 4.78 is 11.0. The third-order valence-corrected chi connectivity index (χ3v) is 6.53. The fraction of sp³-hybridized carbons (Fsp3) is 0.318. The number of thiophene rings is 1. The van der Waals surface area contributed by atoms with E-state index in [4.69, 9.17) is 9.47 Å². The molecule has 3 rings (SSSR count). The maximum Gasteiger partial charge on any atom is 0.262 e. The summed E-state index contributed by atoms with van der Waals surface area (Å²) in [6.07, 6.45) is 2.83. The molecule has 0 aliphatic carbocycles. The van der Waals surface area contributed by atoms with Crippen molar-refractivity contribution in [2.75, 3.05) is 37.1 Å². The number of rotatable bonds is 7. The highest BCUT2D eigenvalue weighted by molar-refractivity contribution is 9.11. The molecule has 1 atom stereocenters. The largest absolute Gasteiger partial charge is 0.505 e. The van der Waals surface area contributed by atoms with Gasteiger partial charge in [-0.3, -0.25) is 14.4 Å².